The van der Waals surface area contributed by atoms with Gasteiger partial charge in [0, 0.05) is 37.9 Å². The quantitative estimate of drug-likeness (QED) is 0.717. The molecule has 0 aliphatic carbocycles. The molecule has 106 valence electrons. The lowest BCUT2D eigenvalue weighted by molar-refractivity contribution is 0.502. The highest BCUT2D eigenvalue weighted by molar-refractivity contribution is 5.63. The molecule has 0 radical (unpaired) electrons. The van der Waals surface area contributed by atoms with E-state index < -0.39 is 0 Å². The molecule has 6 heteroatoms. The molecule has 0 saturated carbocycles. The zero-order valence-corrected chi connectivity index (χ0v) is 11.6. The standard InChI is InChI=1S/C15H16N6/c1-5-16-6-2-12(1)13-3-8-20(9-4-13)14-15-19-18-11-21(15)10-7-17-14/h1-2,5-7,10-11,13H,3-4,8-9H2. The molecule has 1 saturated heterocycles. The van der Waals surface area contributed by atoms with Gasteiger partial charge in [0.25, 0.3) is 0 Å². The fourth-order valence-corrected chi connectivity index (χ4v) is 3.03. The van der Waals surface area contributed by atoms with Gasteiger partial charge in [-0.15, -0.1) is 10.2 Å². The zero-order chi connectivity index (χ0) is 14.1. The average Bonchev–Trinajstić information content (AvgIpc) is 3.04. The minimum absolute atomic E-state index is 0.613. The highest BCUT2D eigenvalue weighted by Crippen LogP contribution is 2.30. The van der Waals surface area contributed by atoms with Crippen molar-refractivity contribution in [2.75, 3.05) is 18.0 Å². The molecular weight excluding hydrogens is 264 g/mol. The van der Waals surface area contributed by atoms with Crippen molar-refractivity contribution in [1.29, 1.82) is 0 Å². The molecule has 1 aliphatic rings. The van der Waals surface area contributed by atoms with Crippen LogP contribution in [0.25, 0.3) is 5.65 Å². The molecule has 4 rings (SSSR count). The van der Waals surface area contributed by atoms with Gasteiger partial charge >= 0.3 is 0 Å². The van der Waals surface area contributed by atoms with Crippen molar-refractivity contribution in [3.8, 4) is 0 Å². The molecule has 1 fully saturated rings. The van der Waals surface area contributed by atoms with E-state index in [0.29, 0.717) is 5.92 Å². The molecule has 0 aromatic carbocycles. The molecule has 0 spiro atoms. The minimum atomic E-state index is 0.613. The summed E-state index contributed by atoms with van der Waals surface area (Å²) < 4.78 is 1.91. The second-order valence-corrected chi connectivity index (χ2v) is 5.35. The largest absolute Gasteiger partial charge is 0.353 e. The normalized spacial score (nSPS) is 16.5. The lowest BCUT2D eigenvalue weighted by Crippen LogP contribution is -2.33. The minimum Gasteiger partial charge on any atom is -0.353 e. The van der Waals surface area contributed by atoms with Crippen LogP contribution in [0.3, 0.4) is 0 Å². The Hall–Kier alpha value is -2.50. The van der Waals surface area contributed by atoms with Crippen LogP contribution in [-0.2, 0) is 0 Å². The molecule has 3 aromatic heterocycles. The van der Waals surface area contributed by atoms with Gasteiger partial charge in [0.1, 0.15) is 6.33 Å². The van der Waals surface area contributed by atoms with Crippen LogP contribution >= 0.6 is 0 Å². The van der Waals surface area contributed by atoms with Crippen molar-refractivity contribution in [3.05, 3.63) is 48.8 Å². The van der Waals surface area contributed by atoms with Crippen LogP contribution in [0.1, 0.15) is 24.3 Å². The first-order chi connectivity index (χ1) is 10.4. The van der Waals surface area contributed by atoms with E-state index in [2.05, 4.69) is 37.2 Å². The Balaban J connectivity index is 1.54. The summed E-state index contributed by atoms with van der Waals surface area (Å²) in [4.78, 5) is 10.9. The Morgan fingerprint density at radius 3 is 2.67 bits per heavy atom. The predicted molar refractivity (Wildman–Crippen MR) is 79.2 cm³/mol. The fraction of sp³-hybridized carbons (Fsp3) is 0.333. The maximum atomic E-state index is 4.49. The van der Waals surface area contributed by atoms with E-state index in [9.17, 15) is 0 Å². The van der Waals surface area contributed by atoms with Crippen LogP contribution in [0.2, 0.25) is 0 Å². The van der Waals surface area contributed by atoms with Crippen LogP contribution in [0, 0.1) is 0 Å². The molecule has 0 amide bonds. The molecule has 3 aromatic rings. The van der Waals surface area contributed by atoms with E-state index in [4.69, 9.17) is 0 Å². The molecule has 6 nitrogen and oxygen atoms in total. The summed E-state index contributed by atoms with van der Waals surface area (Å²) >= 11 is 0. The lowest BCUT2D eigenvalue weighted by Gasteiger charge is -2.32. The van der Waals surface area contributed by atoms with Gasteiger partial charge in [0.05, 0.1) is 0 Å². The fourth-order valence-electron chi connectivity index (χ4n) is 3.03. The average molecular weight is 280 g/mol. The van der Waals surface area contributed by atoms with Crippen molar-refractivity contribution >= 4 is 11.5 Å². The second-order valence-electron chi connectivity index (χ2n) is 5.35. The van der Waals surface area contributed by atoms with Crippen LogP contribution in [0.15, 0.2) is 43.2 Å². The summed E-state index contributed by atoms with van der Waals surface area (Å²) in [7, 11) is 0. The van der Waals surface area contributed by atoms with E-state index in [1.165, 1.54) is 5.56 Å². The maximum absolute atomic E-state index is 4.49. The second kappa shape index (κ2) is 5.12. The highest BCUT2D eigenvalue weighted by atomic mass is 15.3. The van der Waals surface area contributed by atoms with Gasteiger partial charge in [-0.2, -0.15) is 0 Å². The van der Waals surface area contributed by atoms with Crippen molar-refractivity contribution in [3.63, 3.8) is 0 Å². The van der Waals surface area contributed by atoms with E-state index >= 15 is 0 Å². The Morgan fingerprint density at radius 2 is 1.86 bits per heavy atom. The molecule has 1 aliphatic heterocycles. The Bertz CT molecular complexity index is 730. The summed E-state index contributed by atoms with van der Waals surface area (Å²) in [6.45, 7) is 1.99. The first kappa shape index (κ1) is 12.3. The third-order valence-electron chi connectivity index (χ3n) is 4.17. The molecular formula is C15H16N6. The topological polar surface area (TPSA) is 59.2 Å². The van der Waals surface area contributed by atoms with Crippen LogP contribution in [0.4, 0.5) is 5.82 Å². The molecule has 0 unspecified atom stereocenters. The monoisotopic (exact) mass is 280 g/mol. The summed E-state index contributed by atoms with van der Waals surface area (Å²) in [5, 5.41) is 8.13. The van der Waals surface area contributed by atoms with Crippen LogP contribution in [0.5, 0.6) is 0 Å². The van der Waals surface area contributed by atoms with Crippen molar-refractivity contribution in [2.45, 2.75) is 18.8 Å². The van der Waals surface area contributed by atoms with Gasteiger partial charge in [-0.25, -0.2) is 4.98 Å². The van der Waals surface area contributed by atoms with Gasteiger partial charge < -0.3 is 4.90 Å². The van der Waals surface area contributed by atoms with Crippen LogP contribution < -0.4 is 4.90 Å². The number of fused-ring (bicyclic) bond motifs is 1. The van der Waals surface area contributed by atoms with Gasteiger partial charge in [-0.05, 0) is 36.5 Å². The summed E-state index contributed by atoms with van der Waals surface area (Å²) in [5.41, 5.74) is 2.22. The smallest absolute Gasteiger partial charge is 0.203 e. The Morgan fingerprint density at radius 1 is 1.05 bits per heavy atom. The zero-order valence-electron chi connectivity index (χ0n) is 11.6. The number of hydrogen-bond acceptors (Lipinski definition) is 5. The van der Waals surface area contributed by atoms with Gasteiger partial charge in [-0.1, -0.05) is 0 Å². The number of piperidine rings is 1. The Kier molecular flexibility index (Phi) is 2.99. The lowest BCUT2D eigenvalue weighted by atomic mass is 9.90. The number of hydrogen-bond donors (Lipinski definition) is 0. The molecule has 0 atom stereocenters. The number of rotatable bonds is 2. The summed E-state index contributed by atoms with van der Waals surface area (Å²) in [5.74, 6) is 1.55. The third-order valence-corrected chi connectivity index (χ3v) is 4.17. The molecule has 4 heterocycles. The van der Waals surface area contributed by atoms with Gasteiger partial charge in [-0.3, -0.25) is 9.38 Å². The predicted octanol–water partition coefficient (Wildman–Crippen LogP) is 1.90. The summed E-state index contributed by atoms with van der Waals surface area (Å²) in [6.07, 6.45) is 11.4. The van der Waals surface area contributed by atoms with Gasteiger partial charge in [0.15, 0.2) is 5.82 Å². The first-order valence-electron chi connectivity index (χ1n) is 7.21. The van der Waals surface area contributed by atoms with Gasteiger partial charge in [0.2, 0.25) is 5.65 Å². The number of anilines is 1. The van der Waals surface area contributed by atoms with Crippen molar-refractivity contribution < 1.29 is 0 Å². The highest BCUT2D eigenvalue weighted by Gasteiger charge is 2.23. The molecule has 21 heavy (non-hydrogen) atoms. The third kappa shape index (κ3) is 2.22. The van der Waals surface area contributed by atoms with E-state index in [-0.39, 0.29) is 0 Å². The van der Waals surface area contributed by atoms with E-state index in [1.807, 2.05) is 23.0 Å². The Labute approximate surface area is 122 Å². The molecule has 0 bridgehead atoms. The number of aromatic nitrogens is 5. The summed E-state index contributed by atoms with van der Waals surface area (Å²) in [6, 6.07) is 4.25. The van der Waals surface area contributed by atoms with Crippen LogP contribution in [-0.4, -0.2) is 37.7 Å². The number of nitrogens with zero attached hydrogens (tertiary/aromatic N) is 6. The van der Waals surface area contributed by atoms with Crippen molar-refractivity contribution in [2.24, 2.45) is 0 Å². The van der Waals surface area contributed by atoms with E-state index in [0.717, 1.165) is 37.4 Å². The van der Waals surface area contributed by atoms with Crippen molar-refractivity contribution in [1.82, 2.24) is 24.6 Å². The maximum Gasteiger partial charge on any atom is 0.203 e. The SMILES string of the molecule is c1cc(C2CCN(c3nccn4cnnc34)CC2)ccn1. The van der Waals surface area contributed by atoms with E-state index in [1.54, 1.807) is 12.5 Å². The number of pyridine rings is 1. The molecule has 0 N–H and O–H groups in total. The first-order valence-corrected chi connectivity index (χ1v) is 7.21.